The lowest BCUT2D eigenvalue weighted by molar-refractivity contribution is -0.0498. The van der Waals surface area contributed by atoms with Crippen molar-refractivity contribution in [3.8, 4) is 11.5 Å². The van der Waals surface area contributed by atoms with Crippen molar-refractivity contribution in [1.29, 1.82) is 0 Å². The summed E-state index contributed by atoms with van der Waals surface area (Å²) in [6.07, 6.45) is 0. The minimum absolute atomic E-state index is 0.00188. The van der Waals surface area contributed by atoms with Crippen molar-refractivity contribution in [3.05, 3.63) is 59.7 Å². The molecule has 0 saturated heterocycles. The first-order valence-corrected chi connectivity index (χ1v) is 6.87. The van der Waals surface area contributed by atoms with E-state index in [1.54, 1.807) is 0 Å². The molecule has 0 aliphatic carbocycles. The van der Waals surface area contributed by atoms with E-state index in [0.717, 1.165) is 18.2 Å². The molecule has 0 aliphatic heterocycles. The van der Waals surface area contributed by atoms with E-state index in [1.807, 2.05) is 0 Å². The number of halogens is 4. The normalized spacial score (nSPS) is 10.5. The van der Waals surface area contributed by atoms with Gasteiger partial charge >= 0.3 is 6.61 Å². The Morgan fingerprint density at radius 1 is 1.00 bits per heavy atom. The first-order chi connectivity index (χ1) is 11.5. The molecule has 2 aromatic carbocycles. The molecular weight excluding hydrogens is 330 g/mol. The minimum Gasteiger partial charge on any atom is -0.492 e. The molecule has 2 rings (SSSR count). The van der Waals surface area contributed by atoms with Crippen molar-refractivity contribution in [1.82, 2.24) is 5.32 Å². The molecule has 1 amide bonds. The van der Waals surface area contributed by atoms with Gasteiger partial charge in [-0.2, -0.15) is 8.78 Å². The highest BCUT2D eigenvalue weighted by Gasteiger charge is 2.16. The summed E-state index contributed by atoms with van der Waals surface area (Å²) in [5.74, 6) is -2.45. The fourth-order valence-electron chi connectivity index (χ4n) is 1.85. The zero-order valence-corrected chi connectivity index (χ0v) is 12.3. The summed E-state index contributed by atoms with van der Waals surface area (Å²) in [7, 11) is 0. The van der Waals surface area contributed by atoms with E-state index in [2.05, 4.69) is 10.1 Å². The molecule has 4 nitrogen and oxygen atoms in total. The van der Waals surface area contributed by atoms with Crippen molar-refractivity contribution in [2.75, 3.05) is 13.2 Å². The number of hydrogen-bond acceptors (Lipinski definition) is 3. The SMILES string of the molecule is O=C(NCCOc1ccc(OC(F)F)cc1)c1c(F)cccc1F. The van der Waals surface area contributed by atoms with Crippen molar-refractivity contribution in [2.24, 2.45) is 0 Å². The van der Waals surface area contributed by atoms with Gasteiger partial charge in [-0.3, -0.25) is 4.79 Å². The van der Waals surface area contributed by atoms with Crippen LogP contribution in [0.1, 0.15) is 10.4 Å². The number of benzene rings is 2. The second kappa shape index (κ2) is 8.19. The largest absolute Gasteiger partial charge is 0.492 e. The maximum atomic E-state index is 13.4. The van der Waals surface area contributed by atoms with Crippen LogP contribution in [0.5, 0.6) is 11.5 Å². The number of amides is 1. The standard InChI is InChI=1S/C16H13F4NO3/c17-12-2-1-3-13(18)14(12)15(22)21-8-9-23-10-4-6-11(7-5-10)24-16(19)20/h1-7,16H,8-9H2,(H,21,22). The van der Waals surface area contributed by atoms with E-state index in [0.29, 0.717) is 5.75 Å². The lowest BCUT2D eigenvalue weighted by Crippen LogP contribution is -2.29. The fraction of sp³-hybridized carbons (Fsp3) is 0.188. The zero-order chi connectivity index (χ0) is 17.5. The van der Waals surface area contributed by atoms with Gasteiger partial charge in [-0.15, -0.1) is 0 Å². The number of carbonyl (C=O) groups is 1. The molecule has 0 atom stereocenters. The Balaban J connectivity index is 1.79. The monoisotopic (exact) mass is 343 g/mol. The van der Waals surface area contributed by atoms with E-state index in [4.69, 9.17) is 4.74 Å². The highest BCUT2D eigenvalue weighted by Crippen LogP contribution is 2.19. The van der Waals surface area contributed by atoms with Gasteiger partial charge in [0, 0.05) is 0 Å². The Bertz CT molecular complexity index is 672. The Morgan fingerprint density at radius 3 is 2.17 bits per heavy atom. The first-order valence-electron chi connectivity index (χ1n) is 6.87. The van der Waals surface area contributed by atoms with Crippen LogP contribution >= 0.6 is 0 Å². The van der Waals surface area contributed by atoms with Crippen molar-refractivity contribution in [2.45, 2.75) is 6.61 Å². The van der Waals surface area contributed by atoms with Gasteiger partial charge in [-0.1, -0.05) is 6.07 Å². The average molecular weight is 343 g/mol. The number of hydrogen-bond donors (Lipinski definition) is 1. The molecule has 128 valence electrons. The van der Waals surface area contributed by atoms with Gasteiger partial charge in [0.05, 0.1) is 6.54 Å². The molecule has 0 bridgehead atoms. The minimum atomic E-state index is -2.91. The van der Waals surface area contributed by atoms with Gasteiger partial charge in [0.2, 0.25) is 0 Å². The lowest BCUT2D eigenvalue weighted by Gasteiger charge is -2.09. The number of ether oxygens (including phenoxy) is 2. The van der Waals surface area contributed by atoms with E-state index in [-0.39, 0.29) is 18.9 Å². The van der Waals surface area contributed by atoms with Gasteiger partial charge in [0.25, 0.3) is 5.91 Å². The third-order valence-corrected chi connectivity index (χ3v) is 2.90. The maximum absolute atomic E-state index is 13.4. The van der Waals surface area contributed by atoms with Crippen LogP contribution < -0.4 is 14.8 Å². The summed E-state index contributed by atoms with van der Waals surface area (Å²) in [4.78, 5) is 11.7. The second-order valence-electron chi connectivity index (χ2n) is 4.55. The lowest BCUT2D eigenvalue weighted by atomic mass is 10.2. The summed E-state index contributed by atoms with van der Waals surface area (Å²) in [5.41, 5.74) is -0.661. The molecule has 2 aromatic rings. The summed E-state index contributed by atoms with van der Waals surface area (Å²) >= 11 is 0. The predicted molar refractivity (Wildman–Crippen MR) is 77.3 cm³/mol. The van der Waals surface area contributed by atoms with E-state index < -0.39 is 29.7 Å². The van der Waals surface area contributed by atoms with Gasteiger partial charge in [-0.05, 0) is 36.4 Å². The summed E-state index contributed by atoms with van der Waals surface area (Å²) in [5, 5.41) is 2.32. The van der Waals surface area contributed by atoms with Crippen LogP contribution in [0.4, 0.5) is 17.6 Å². The van der Waals surface area contributed by atoms with Crippen LogP contribution in [-0.4, -0.2) is 25.7 Å². The highest BCUT2D eigenvalue weighted by atomic mass is 19.3. The van der Waals surface area contributed by atoms with Gasteiger partial charge in [0.15, 0.2) is 0 Å². The van der Waals surface area contributed by atoms with Crippen molar-refractivity contribution >= 4 is 5.91 Å². The Hall–Kier alpha value is -2.77. The highest BCUT2D eigenvalue weighted by molar-refractivity contribution is 5.94. The van der Waals surface area contributed by atoms with Crippen molar-refractivity contribution < 1.29 is 31.8 Å². The van der Waals surface area contributed by atoms with Crippen molar-refractivity contribution in [3.63, 3.8) is 0 Å². The number of carbonyl (C=O) groups excluding carboxylic acids is 1. The molecule has 8 heteroatoms. The number of nitrogens with one attached hydrogen (secondary N) is 1. The maximum Gasteiger partial charge on any atom is 0.387 e. The van der Waals surface area contributed by atoms with Crippen LogP contribution in [0.25, 0.3) is 0 Å². The van der Waals surface area contributed by atoms with Crippen LogP contribution in [0.15, 0.2) is 42.5 Å². The third-order valence-electron chi connectivity index (χ3n) is 2.90. The Labute approximate surface area is 135 Å². The Morgan fingerprint density at radius 2 is 1.58 bits per heavy atom. The molecule has 0 unspecified atom stereocenters. The average Bonchev–Trinajstić information content (AvgIpc) is 2.52. The van der Waals surface area contributed by atoms with Crippen LogP contribution in [0, 0.1) is 11.6 Å². The fourth-order valence-corrected chi connectivity index (χ4v) is 1.85. The zero-order valence-electron chi connectivity index (χ0n) is 12.3. The molecule has 0 saturated carbocycles. The van der Waals surface area contributed by atoms with Crippen LogP contribution in [0.3, 0.4) is 0 Å². The van der Waals surface area contributed by atoms with Gasteiger partial charge < -0.3 is 14.8 Å². The summed E-state index contributed by atoms with van der Waals surface area (Å²) < 4.78 is 60.2. The smallest absolute Gasteiger partial charge is 0.387 e. The van der Waals surface area contributed by atoms with E-state index in [1.165, 1.54) is 24.3 Å². The molecule has 0 fully saturated rings. The second-order valence-corrected chi connectivity index (χ2v) is 4.55. The third kappa shape index (κ3) is 4.87. The molecule has 0 aliphatic rings. The molecule has 0 heterocycles. The molecule has 1 N–H and O–H groups in total. The molecule has 0 spiro atoms. The number of alkyl halides is 2. The van der Waals surface area contributed by atoms with E-state index >= 15 is 0 Å². The molecule has 24 heavy (non-hydrogen) atoms. The van der Waals surface area contributed by atoms with Crippen LogP contribution in [0.2, 0.25) is 0 Å². The topological polar surface area (TPSA) is 47.6 Å². The van der Waals surface area contributed by atoms with Crippen LogP contribution in [-0.2, 0) is 0 Å². The molecule has 0 radical (unpaired) electrons. The Kier molecular flexibility index (Phi) is 6.00. The molecular formula is C16H13F4NO3. The summed E-state index contributed by atoms with van der Waals surface area (Å²) in [6.45, 7) is -2.88. The quantitative estimate of drug-likeness (QED) is 0.619. The first kappa shape index (κ1) is 17.6. The number of rotatable bonds is 7. The van der Waals surface area contributed by atoms with Gasteiger partial charge in [-0.25, -0.2) is 8.78 Å². The summed E-state index contributed by atoms with van der Waals surface area (Å²) in [6, 6.07) is 8.55. The molecule has 0 aromatic heterocycles. The predicted octanol–water partition coefficient (Wildman–Crippen LogP) is 3.38. The van der Waals surface area contributed by atoms with E-state index in [9.17, 15) is 22.4 Å². The van der Waals surface area contributed by atoms with Gasteiger partial charge in [0.1, 0.15) is 35.3 Å².